The number of methoxy groups -OCH3 is 1. The van der Waals surface area contributed by atoms with E-state index in [1.807, 2.05) is 0 Å². The van der Waals surface area contributed by atoms with Crippen LogP contribution in [0.1, 0.15) is 17.6 Å². The Kier molecular flexibility index (Phi) is 5.43. The van der Waals surface area contributed by atoms with Crippen molar-refractivity contribution >= 4 is 5.91 Å². The van der Waals surface area contributed by atoms with Crippen LogP contribution in [0.5, 0.6) is 11.5 Å². The number of amides is 1. The molecule has 0 aliphatic rings. The minimum absolute atomic E-state index is 0.0628. The quantitative estimate of drug-likeness (QED) is 0.815. The minimum atomic E-state index is -0.880. The Hall–Kier alpha value is -2.47. The van der Waals surface area contributed by atoms with Crippen LogP contribution >= 0.6 is 0 Å². The maximum absolute atomic E-state index is 11.7. The molecule has 2 rings (SSSR count). The summed E-state index contributed by atoms with van der Waals surface area (Å²) in [6.07, 6.45) is -0.880. The summed E-state index contributed by atoms with van der Waals surface area (Å²) in [4.78, 5) is 11.7. The second-order valence-corrected chi connectivity index (χ2v) is 4.74. The lowest BCUT2D eigenvalue weighted by Crippen LogP contribution is -2.32. The highest BCUT2D eigenvalue weighted by atomic mass is 16.5. The van der Waals surface area contributed by atoms with Crippen molar-refractivity contribution in [1.29, 1.82) is 0 Å². The Bertz CT molecular complexity index is 623. The van der Waals surface area contributed by atoms with Crippen molar-refractivity contribution in [2.24, 2.45) is 0 Å². The second-order valence-electron chi connectivity index (χ2n) is 4.74. The van der Waals surface area contributed by atoms with Crippen LogP contribution in [0.4, 0.5) is 0 Å². The van der Waals surface area contributed by atoms with Gasteiger partial charge in [0.1, 0.15) is 29.1 Å². The molecule has 0 spiro atoms. The van der Waals surface area contributed by atoms with Crippen molar-refractivity contribution < 1.29 is 23.8 Å². The molecule has 118 valence electrons. The number of aliphatic hydroxyl groups excluding tert-OH is 1. The largest absolute Gasteiger partial charge is 0.497 e. The number of nitrogens with one attached hydrogen (secondary N) is 1. The molecule has 0 radical (unpaired) electrons. The van der Waals surface area contributed by atoms with Crippen LogP contribution in [0.15, 0.2) is 40.8 Å². The summed E-state index contributed by atoms with van der Waals surface area (Å²) in [6.45, 7) is 1.71. The van der Waals surface area contributed by atoms with Crippen molar-refractivity contribution in [2.75, 3.05) is 20.3 Å². The van der Waals surface area contributed by atoms with Gasteiger partial charge in [-0.25, -0.2) is 0 Å². The summed E-state index contributed by atoms with van der Waals surface area (Å²) in [5.41, 5.74) is 0. The van der Waals surface area contributed by atoms with Gasteiger partial charge in [-0.15, -0.1) is 0 Å². The predicted octanol–water partition coefficient (Wildman–Crippen LogP) is 1.83. The standard InChI is InChI=1S/C16H19NO5/c1-11-6-7-15(22-11)14(18)9-17-16(19)10-21-13-5-3-4-12(8-13)20-2/h3-8,14,18H,9-10H2,1-2H3,(H,17,19). The number of aliphatic hydroxyl groups is 1. The van der Waals surface area contributed by atoms with E-state index in [0.717, 1.165) is 0 Å². The van der Waals surface area contributed by atoms with Gasteiger partial charge in [-0.05, 0) is 31.2 Å². The molecular weight excluding hydrogens is 286 g/mol. The third kappa shape index (κ3) is 4.53. The predicted molar refractivity (Wildman–Crippen MR) is 79.9 cm³/mol. The molecule has 1 aromatic heterocycles. The van der Waals surface area contributed by atoms with Crippen LogP contribution in [-0.2, 0) is 4.79 Å². The Morgan fingerprint density at radius 3 is 2.77 bits per heavy atom. The topological polar surface area (TPSA) is 80.9 Å². The first kappa shape index (κ1) is 15.9. The van der Waals surface area contributed by atoms with Gasteiger partial charge in [0.05, 0.1) is 13.7 Å². The van der Waals surface area contributed by atoms with Gasteiger partial charge in [0.2, 0.25) is 0 Å². The Morgan fingerprint density at radius 2 is 2.09 bits per heavy atom. The SMILES string of the molecule is COc1cccc(OCC(=O)NCC(O)c2ccc(C)o2)c1. The van der Waals surface area contributed by atoms with E-state index in [4.69, 9.17) is 13.9 Å². The average Bonchev–Trinajstić information content (AvgIpc) is 2.97. The molecule has 0 bridgehead atoms. The molecule has 0 saturated heterocycles. The number of hydrogen-bond acceptors (Lipinski definition) is 5. The number of ether oxygens (including phenoxy) is 2. The van der Waals surface area contributed by atoms with Gasteiger partial charge >= 0.3 is 0 Å². The van der Waals surface area contributed by atoms with Crippen LogP contribution in [0.25, 0.3) is 0 Å². The van der Waals surface area contributed by atoms with Crippen LogP contribution in [-0.4, -0.2) is 31.3 Å². The maximum atomic E-state index is 11.7. The van der Waals surface area contributed by atoms with Gasteiger partial charge in [0, 0.05) is 6.07 Å². The Labute approximate surface area is 128 Å². The van der Waals surface area contributed by atoms with Gasteiger partial charge in [-0.3, -0.25) is 4.79 Å². The van der Waals surface area contributed by atoms with E-state index in [1.54, 1.807) is 50.4 Å². The summed E-state index contributed by atoms with van der Waals surface area (Å²) in [5.74, 6) is 2.00. The van der Waals surface area contributed by atoms with E-state index in [0.29, 0.717) is 23.0 Å². The zero-order valence-electron chi connectivity index (χ0n) is 12.5. The number of rotatable bonds is 7. The van der Waals surface area contributed by atoms with E-state index >= 15 is 0 Å². The van der Waals surface area contributed by atoms with Crippen molar-refractivity contribution in [1.82, 2.24) is 5.32 Å². The molecule has 1 amide bonds. The smallest absolute Gasteiger partial charge is 0.258 e. The van der Waals surface area contributed by atoms with E-state index in [-0.39, 0.29) is 19.1 Å². The molecule has 22 heavy (non-hydrogen) atoms. The van der Waals surface area contributed by atoms with Crippen molar-refractivity contribution in [3.8, 4) is 11.5 Å². The van der Waals surface area contributed by atoms with Crippen molar-refractivity contribution in [3.05, 3.63) is 47.9 Å². The monoisotopic (exact) mass is 305 g/mol. The lowest BCUT2D eigenvalue weighted by atomic mass is 10.3. The number of carbonyl (C=O) groups is 1. The van der Waals surface area contributed by atoms with E-state index in [2.05, 4.69) is 5.32 Å². The lowest BCUT2D eigenvalue weighted by molar-refractivity contribution is -0.123. The highest BCUT2D eigenvalue weighted by Crippen LogP contribution is 2.18. The summed E-state index contributed by atoms with van der Waals surface area (Å²) in [6, 6.07) is 10.4. The second kappa shape index (κ2) is 7.51. The van der Waals surface area contributed by atoms with Crippen LogP contribution in [0, 0.1) is 6.92 Å². The molecule has 2 N–H and O–H groups in total. The van der Waals surface area contributed by atoms with Crippen LogP contribution in [0.3, 0.4) is 0 Å². The highest BCUT2D eigenvalue weighted by molar-refractivity contribution is 5.77. The van der Waals surface area contributed by atoms with Crippen LogP contribution in [0.2, 0.25) is 0 Å². The number of aryl methyl sites for hydroxylation is 1. The van der Waals surface area contributed by atoms with Gasteiger partial charge in [-0.2, -0.15) is 0 Å². The molecule has 6 nitrogen and oxygen atoms in total. The molecular formula is C16H19NO5. The fourth-order valence-corrected chi connectivity index (χ4v) is 1.83. The Morgan fingerprint density at radius 1 is 1.32 bits per heavy atom. The zero-order valence-corrected chi connectivity index (χ0v) is 12.5. The number of carbonyl (C=O) groups excluding carboxylic acids is 1. The van der Waals surface area contributed by atoms with Gasteiger partial charge < -0.3 is 24.3 Å². The average molecular weight is 305 g/mol. The molecule has 0 fully saturated rings. The highest BCUT2D eigenvalue weighted by Gasteiger charge is 2.13. The van der Waals surface area contributed by atoms with E-state index < -0.39 is 6.10 Å². The molecule has 6 heteroatoms. The summed E-state index contributed by atoms with van der Waals surface area (Å²) in [5, 5.41) is 12.5. The fourth-order valence-electron chi connectivity index (χ4n) is 1.83. The number of hydrogen-bond donors (Lipinski definition) is 2. The summed E-state index contributed by atoms with van der Waals surface area (Å²) >= 11 is 0. The first-order valence-corrected chi connectivity index (χ1v) is 6.86. The van der Waals surface area contributed by atoms with Crippen molar-refractivity contribution in [3.63, 3.8) is 0 Å². The van der Waals surface area contributed by atoms with E-state index in [1.165, 1.54) is 0 Å². The molecule has 1 aromatic carbocycles. The lowest BCUT2D eigenvalue weighted by Gasteiger charge is -2.11. The molecule has 0 saturated carbocycles. The number of benzene rings is 1. The molecule has 1 unspecified atom stereocenters. The number of furan rings is 1. The van der Waals surface area contributed by atoms with E-state index in [9.17, 15) is 9.90 Å². The molecule has 1 atom stereocenters. The first-order chi connectivity index (χ1) is 10.6. The minimum Gasteiger partial charge on any atom is -0.497 e. The molecule has 0 aliphatic carbocycles. The van der Waals surface area contributed by atoms with Gasteiger partial charge in [0.15, 0.2) is 6.61 Å². The first-order valence-electron chi connectivity index (χ1n) is 6.86. The molecule has 0 aliphatic heterocycles. The van der Waals surface area contributed by atoms with Crippen LogP contribution < -0.4 is 14.8 Å². The fraction of sp³-hybridized carbons (Fsp3) is 0.312. The van der Waals surface area contributed by atoms with Crippen molar-refractivity contribution in [2.45, 2.75) is 13.0 Å². The third-order valence-corrected chi connectivity index (χ3v) is 2.99. The third-order valence-electron chi connectivity index (χ3n) is 2.99. The maximum Gasteiger partial charge on any atom is 0.258 e. The molecule has 1 heterocycles. The Balaban J connectivity index is 1.75. The van der Waals surface area contributed by atoms with Gasteiger partial charge in [0.25, 0.3) is 5.91 Å². The molecule has 2 aromatic rings. The zero-order chi connectivity index (χ0) is 15.9. The summed E-state index contributed by atoms with van der Waals surface area (Å²) in [7, 11) is 1.56. The van der Waals surface area contributed by atoms with Gasteiger partial charge in [-0.1, -0.05) is 6.07 Å². The normalized spacial score (nSPS) is 11.8. The summed E-state index contributed by atoms with van der Waals surface area (Å²) < 4.78 is 15.7.